The number of rotatable bonds is 4. The Labute approximate surface area is 127 Å². The first-order valence-electron chi connectivity index (χ1n) is 7.14. The van der Waals surface area contributed by atoms with Crippen molar-refractivity contribution in [2.24, 2.45) is 0 Å². The maximum absolute atomic E-state index is 11.3. The number of nitrogens with zero attached hydrogens (tertiary/aromatic N) is 4. The van der Waals surface area contributed by atoms with Gasteiger partial charge in [0.25, 0.3) is 0 Å². The first-order valence-corrected chi connectivity index (χ1v) is 8.02. The molecule has 1 aliphatic heterocycles. The second kappa shape index (κ2) is 6.36. The largest absolute Gasteiger partial charge is 0.368 e. The Morgan fingerprint density at radius 1 is 1.33 bits per heavy atom. The average molecular weight is 305 g/mol. The van der Waals surface area contributed by atoms with E-state index in [4.69, 9.17) is 0 Å². The highest BCUT2D eigenvalue weighted by molar-refractivity contribution is 7.16. The van der Waals surface area contributed by atoms with Crippen LogP contribution < -0.4 is 5.32 Å². The van der Waals surface area contributed by atoms with Crippen LogP contribution in [0.3, 0.4) is 0 Å². The van der Waals surface area contributed by atoms with Gasteiger partial charge in [-0.3, -0.25) is 9.69 Å². The molecule has 3 heterocycles. The lowest BCUT2D eigenvalue weighted by molar-refractivity contribution is -0.130. The van der Waals surface area contributed by atoms with E-state index >= 15 is 0 Å². The van der Waals surface area contributed by atoms with Gasteiger partial charge in [-0.1, -0.05) is 0 Å². The summed E-state index contributed by atoms with van der Waals surface area (Å²) in [6.45, 7) is 6.99. The molecule has 0 bridgehead atoms. The van der Waals surface area contributed by atoms with Crippen molar-refractivity contribution in [2.75, 3.05) is 44.6 Å². The van der Waals surface area contributed by atoms with Crippen LogP contribution in [0.15, 0.2) is 17.8 Å². The molecule has 0 radical (unpaired) electrons. The first-order chi connectivity index (χ1) is 10.2. The fraction of sp³-hybridized carbons (Fsp3) is 0.500. The third-order valence-electron chi connectivity index (χ3n) is 3.80. The maximum Gasteiger partial charge on any atom is 0.219 e. The Hall–Kier alpha value is -1.73. The quantitative estimate of drug-likeness (QED) is 0.921. The highest BCUT2D eigenvalue weighted by atomic mass is 32.1. The molecule has 6 nitrogen and oxygen atoms in total. The highest BCUT2D eigenvalue weighted by Crippen LogP contribution is 2.23. The lowest BCUT2D eigenvalue weighted by Gasteiger charge is -2.34. The summed E-state index contributed by atoms with van der Waals surface area (Å²) in [5, 5.41) is 6.51. The van der Waals surface area contributed by atoms with Gasteiger partial charge >= 0.3 is 0 Å². The Balaban J connectivity index is 1.49. The summed E-state index contributed by atoms with van der Waals surface area (Å²) in [6, 6.07) is 2.05. The Morgan fingerprint density at radius 3 is 2.90 bits per heavy atom. The summed E-state index contributed by atoms with van der Waals surface area (Å²) in [4.78, 5) is 25.1. The molecule has 0 atom stereocenters. The van der Waals surface area contributed by atoms with Crippen molar-refractivity contribution in [3.8, 4) is 0 Å². The number of amides is 1. The van der Waals surface area contributed by atoms with E-state index in [9.17, 15) is 4.79 Å². The van der Waals surface area contributed by atoms with Crippen molar-refractivity contribution in [1.29, 1.82) is 0 Å². The van der Waals surface area contributed by atoms with Gasteiger partial charge in [-0.05, 0) is 11.4 Å². The predicted molar refractivity (Wildman–Crippen MR) is 84.6 cm³/mol. The lowest BCUT2D eigenvalue weighted by Crippen LogP contribution is -2.49. The van der Waals surface area contributed by atoms with E-state index in [1.54, 1.807) is 24.6 Å². The molecular formula is C14H19N5OS. The summed E-state index contributed by atoms with van der Waals surface area (Å²) in [7, 11) is 0. The number of anilines is 1. The molecule has 21 heavy (non-hydrogen) atoms. The van der Waals surface area contributed by atoms with Crippen molar-refractivity contribution in [1.82, 2.24) is 19.8 Å². The van der Waals surface area contributed by atoms with Gasteiger partial charge in [0, 0.05) is 46.2 Å². The number of thiophene rings is 1. The smallest absolute Gasteiger partial charge is 0.219 e. The van der Waals surface area contributed by atoms with Crippen molar-refractivity contribution in [3.05, 3.63) is 17.8 Å². The minimum Gasteiger partial charge on any atom is -0.368 e. The number of nitrogens with one attached hydrogen (secondary N) is 1. The highest BCUT2D eigenvalue weighted by Gasteiger charge is 2.17. The van der Waals surface area contributed by atoms with E-state index in [1.807, 2.05) is 16.3 Å². The van der Waals surface area contributed by atoms with E-state index < -0.39 is 0 Å². The summed E-state index contributed by atoms with van der Waals surface area (Å²) >= 11 is 1.63. The second-order valence-electron chi connectivity index (χ2n) is 5.14. The average Bonchev–Trinajstić information content (AvgIpc) is 2.97. The molecule has 1 amide bonds. The van der Waals surface area contributed by atoms with E-state index in [1.165, 1.54) is 0 Å². The lowest BCUT2D eigenvalue weighted by atomic mass is 10.3. The number of aromatic nitrogens is 2. The molecule has 1 aliphatic rings. The summed E-state index contributed by atoms with van der Waals surface area (Å²) in [6.07, 6.45) is 1.60. The zero-order chi connectivity index (χ0) is 14.7. The van der Waals surface area contributed by atoms with Crippen LogP contribution in [0.2, 0.25) is 0 Å². The van der Waals surface area contributed by atoms with Crippen LogP contribution in [0.4, 0.5) is 5.82 Å². The van der Waals surface area contributed by atoms with Crippen LogP contribution in [0.5, 0.6) is 0 Å². The Morgan fingerprint density at radius 2 is 2.14 bits per heavy atom. The molecule has 1 saturated heterocycles. The molecule has 2 aromatic rings. The van der Waals surface area contributed by atoms with Gasteiger partial charge in [-0.15, -0.1) is 11.3 Å². The molecule has 0 aliphatic carbocycles. The molecule has 3 rings (SSSR count). The second-order valence-corrected chi connectivity index (χ2v) is 6.03. The van der Waals surface area contributed by atoms with Gasteiger partial charge in [0.2, 0.25) is 5.91 Å². The molecule has 0 saturated carbocycles. The standard InChI is InChI=1S/C14H19N5OS/c1-11(20)19-7-5-18(6-8-19)4-3-15-13-12-2-9-21-14(12)17-10-16-13/h2,9-10H,3-8H2,1H3,(H,15,16,17). The SMILES string of the molecule is CC(=O)N1CCN(CCNc2ncnc3sccc23)CC1. The van der Waals surface area contributed by atoms with Gasteiger partial charge < -0.3 is 10.2 Å². The molecular weight excluding hydrogens is 286 g/mol. The molecule has 7 heteroatoms. The minimum atomic E-state index is 0.175. The maximum atomic E-state index is 11.3. The molecule has 1 fully saturated rings. The third kappa shape index (κ3) is 3.30. The predicted octanol–water partition coefficient (Wildman–Crippen LogP) is 1.27. The fourth-order valence-corrected chi connectivity index (χ4v) is 3.28. The van der Waals surface area contributed by atoms with Crippen LogP contribution in [-0.2, 0) is 4.79 Å². The number of fused-ring (bicyclic) bond motifs is 1. The topological polar surface area (TPSA) is 61.4 Å². The van der Waals surface area contributed by atoms with Crippen molar-refractivity contribution in [3.63, 3.8) is 0 Å². The van der Waals surface area contributed by atoms with Crippen LogP contribution in [0, 0.1) is 0 Å². The summed E-state index contributed by atoms with van der Waals surface area (Å²) < 4.78 is 0. The number of piperazine rings is 1. The minimum absolute atomic E-state index is 0.175. The van der Waals surface area contributed by atoms with E-state index in [2.05, 4.69) is 20.2 Å². The van der Waals surface area contributed by atoms with E-state index in [-0.39, 0.29) is 5.91 Å². The molecule has 1 N–H and O–H groups in total. The molecule has 0 aromatic carbocycles. The van der Waals surface area contributed by atoms with Gasteiger partial charge in [0.05, 0.1) is 5.39 Å². The normalized spacial score (nSPS) is 16.3. The van der Waals surface area contributed by atoms with Crippen molar-refractivity contribution < 1.29 is 4.79 Å². The third-order valence-corrected chi connectivity index (χ3v) is 4.62. The van der Waals surface area contributed by atoms with Crippen LogP contribution in [-0.4, -0.2) is 64.9 Å². The molecule has 0 spiro atoms. The van der Waals surface area contributed by atoms with E-state index in [0.29, 0.717) is 0 Å². The molecule has 0 unspecified atom stereocenters. The summed E-state index contributed by atoms with van der Waals surface area (Å²) in [5.41, 5.74) is 0. The zero-order valence-corrected chi connectivity index (χ0v) is 12.9. The Kier molecular flexibility index (Phi) is 4.31. The van der Waals surface area contributed by atoms with Crippen molar-refractivity contribution in [2.45, 2.75) is 6.92 Å². The number of hydrogen-bond donors (Lipinski definition) is 1. The van der Waals surface area contributed by atoms with Gasteiger partial charge in [0.15, 0.2) is 0 Å². The van der Waals surface area contributed by atoms with E-state index in [0.717, 1.165) is 55.3 Å². The number of carbonyl (C=O) groups is 1. The van der Waals surface area contributed by atoms with Crippen LogP contribution in [0.1, 0.15) is 6.92 Å². The summed E-state index contributed by atoms with van der Waals surface area (Å²) in [5.74, 6) is 1.08. The molecule has 112 valence electrons. The number of carbonyl (C=O) groups excluding carboxylic acids is 1. The van der Waals surface area contributed by atoms with Crippen LogP contribution >= 0.6 is 11.3 Å². The zero-order valence-electron chi connectivity index (χ0n) is 12.1. The monoisotopic (exact) mass is 305 g/mol. The molecule has 2 aromatic heterocycles. The number of hydrogen-bond acceptors (Lipinski definition) is 6. The van der Waals surface area contributed by atoms with Crippen molar-refractivity contribution >= 4 is 33.3 Å². The first kappa shape index (κ1) is 14.2. The fourth-order valence-electron chi connectivity index (χ4n) is 2.55. The van der Waals surface area contributed by atoms with Crippen LogP contribution in [0.25, 0.3) is 10.2 Å². The Bertz CT molecular complexity index is 621. The van der Waals surface area contributed by atoms with Gasteiger partial charge in [-0.2, -0.15) is 0 Å². The van der Waals surface area contributed by atoms with Gasteiger partial charge in [0.1, 0.15) is 17.0 Å². The van der Waals surface area contributed by atoms with Gasteiger partial charge in [-0.25, -0.2) is 9.97 Å².